The molecule has 0 saturated heterocycles. The van der Waals surface area contributed by atoms with Crippen LogP contribution in [-0.2, 0) is 0 Å². The minimum atomic E-state index is 0.0322. The third kappa shape index (κ3) is 2.35. The van der Waals surface area contributed by atoms with Gasteiger partial charge in [0.1, 0.15) is 5.75 Å². The molecule has 0 unspecified atom stereocenters. The first kappa shape index (κ1) is 12.2. The molecule has 3 heteroatoms. The Balaban J connectivity index is 2.48. The highest BCUT2D eigenvalue weighted by atomic mass is 16.5. The number of rotatable bonds is 3. The van der Waals surface area contributed by atoms with E-state index in [4.69, 9.17) is 10.5 Å². The minimum Gasteiger partial charge on any atom is -0.497 e. The number of methoxy groups -OCH3 is 1. The van der Waals surface area contributed by atoms with Crippen molar-refractivity contribution < 1.29 is 9.53 Å². The lowest BCUT2D eigenvalue weighted by Crippen LogP contribution is -1.96. The van der Waals surface area contributed by atoms with E-state index in [1.165, 1.54) is 0 Å². The summed E-state index contributed by atoms with van der Waals surface area (Å²) >= 11 is 0. The van der Waals surface area contributed by atoms with E-state index in [0.29, 0.717) is 11.3 Å². The van der Waals surface area contributed by atoms with Gasteiger partial charge < -0.3 is 10.5 Å². The van der Waals surface area contributed by atoms with Crippen LogP contribution >= 0.6 is 0 Å². The van der Waals surface area contributed by atoms with Crippen LogP contribution in [0.3, 0.4) is 0 Å². The predicted molar refractivity (Wildman–Crippen MR) is 72.8 cm³/mol. The Morgan fingerprint density at radius 3 is 2.33 bits per heavy atom. The number of benzene rings is 2. The second kappa shape index (κ2) is 4.92. The molecular formula is C15H15NO2. The van der Waals surface area contributed by atoms with Gasteiger partial charge in [-0.1, -0.05) is 12.1 Å². The number of nitrogens with two attached hydrogens (primary N) is 1. The van der Waals surface area contributed by atoms with Gasteiger partial charge in [-0.3, -0.25) is 4.79 Å². The summed E-state index contributed by atoms with van der Waals surface area (Å²) in [6.07, 6.45) is 0. The Hall–Kier alpha value is -2.29. The van der Waals surface area contributed by atoms with E-state index in [-0.39, 0.29) is 5.78 Å². The van der Waals surface area contributed by atoms with Crippen molar-refractivity contribution >= 4 is 11.5 Å². The van der Waals surface area contributed by atoms with E-state index in [2.05, 4.69) is 0 Å². The van der Waals surface area contributed by atoms with Crippen molar-refractivity contribution in [2.45, 2.75) is 6.92 Å². The Kier molecular flexibility index (Phi) is 3.33. The van der Waals surface area contributed by atoms with Crippen molar-refractivity contribution in [2.24, 2.45) is 0 Å². The fourth-order valence-corrected chi connectivity index (χ4v) is 1.80. The van der Waals surface area contributed by atoms with Gasteiger partial charge in [-0.2, -0.15) is 0 Å². The molecule has 0 fully saturated rings. The normalized spacial score (nSPS) is 10.1. The van der Waals surface area contributed by atoms with E-state index < -0.39 is 0 Å². The van der Waals surface area contributed by atoms with Crippen LogP contribution in [0.15, 0.2) is 42.5 Å². The summed E-state index contributed by atoms with van der Waals surface area (Å²) in [5.74, 6) is 0.824. The molecule has 2 N–H and O–H groups in total. The van der Waals surface area contributed by atoms with Crippen molar-refractivity contribution in [1.82, 2.24) is 0 Å². The minimum absolute atomic E-state index is 0.0322. The highest BCUT2D eigenvalue weighted by molar-refractivity contribution is 5.96. The standard InChI is InChI=1S/C15H15NO2/c1-10(17)12-5-8-15(16)14(9-12)11-3-6-13(18-2)7-4-11/h3-9H,16H2,1-2H3. The lowest BCUT2D eigenvalue weighted by atomic mass is 10.00. The Labute approximate surface area is 106 Å². The lowest BCUT2D eigenvalue weighted by Gasteiger charge is -2.08. The van der Waals surface area contributed by atoms with Crippen LogP contribution in [0.25, 0.3) is 11.1 Å². The topological polar surface area (TPSA) is 52.3 Å². The van der Waals surface area contributed by atoms with Crippen LogP contribution in [0.2, 0.25) is 0 Å². The molecule has 0 radical (unpaired) electrons. The van der Waals surface area contributed by atoms with Gasteiger partial charge in [-0.25, -0.2) is 0 Å². The lowest BCUT2D eigenvalue weighted by molar-refractivity contribution is 0.101. The summed E-state index contributed by atoms with van der Waals surface area (Å²) in [6, 6.07) is 12.9. The Bertz CT molecular complexity index is 574. The zero-order chi connectivity index (χ0) is 13.1. The smallest absolute Gasteiger partial charge is 0.159 e. The molecule has 2 aromatic carbocycles. The number of nitrogen functional groups attached to an aromatic ring is 1. The molecule has 0 aliphatic rings. The van der Waals surface area contributed by atoms with Gasteiger partial charge >= 0.3 is 0 Å². The maximum atomic E-state index is 11.4. The Morgan fingerprint density at radius 2 is 1.78 bits per heavy atom. The fraction of sp³-hybridized carbons (Fsp3) is 0.133. The van der Waals surface area contributed by atoms with Crippen molar-refractivity contribution in [2.75, 3.05) is 12.8 Å². The molecule has 0 aromatic heterocycles. The SMILES string of the molecule is COc1ccc(-c2cc(C(C)=O)ccc2N)cc1. The average molecular weight is 241 g/mol. The molecule has 0 spiro atoms. The average Bonchev–Trinajstić information content (AvgIpc) is 2.39. The molecule has 3 nitrogen and oxygen atoms in total. The van der Waals surface area contributed by atoms with Gasteiger partial charge in [-0.15, -0.1) is 0 Å². The van der Waals surface area contributed by atoms with Gasteiger partial charge in [0.25, 0.3) is 0 Å². The molecule has 0 saturated carbocycles. The van der Waals surface area contributed by atoms with Crippen molar-refractivity contribution in [3.05, 3.63) is 48.0 Å². The van der Waals surface area contributed by atoms with Gasteiger partial charge in [0.15, 0.2) is 5.78 Å². The molecule has 2 rings (SSSR count). The van der Waals surface area contributed by atoms with Crippen LogP contribution in [-0.4, -0.2) is 12.9 Å². The first-order chi connectivity index (χ1) is 8.61. The third-order valence-electron chi connectivity index (χ3n) is 2.86. The first-order valence-electron chi connectivity index (χ1n) is 5.66. The van der Waals surface area contributed by atoms with Crippen LogP contribution in [0.4, 0.5) is 5.69 Å². The van der Waals surface area contributed by atoms with E-state index in [0.717, 1.165) is 16.9 Å². The quantitative estimate of drug-likeness (QED) is 0.663. The summed E-state index contributed by atoms with van der Waals surface area (Å²) in [7, 11) is 1.62. The molecule has 0 aliphatic heterocycles. The summed E-state index contributed by atoms with van der Waals surface area (Å²) in [4.78, 5) is 11.4. The first-order valence-corrected chi connectivity index (χ1v) is 5.66. The number of ketones is 1. The zero-order valence-electron chi connectivity index (χ0n) is 10.4. The predicted octanol–water partition coefficient (Wildman–Crippen LogP) is 3.15. The summed E-state index contributed by atoms with van der Waals surface area (Å²) in [5, 5.41) is 0. The molecule has 0 aliphatic carbocycles. The molecular weight excluding hydrogens is 226 g/mol. The molecule has 0 heterocycles. The largest absolute Gasteiger partial charge is 0.497 e. The van der Waals surface area contributed by atoms with Crippen LogP contribution in [0.5, 0.6) is 5.75 Å². The summed E-state index contributed by atoms with van der Waals surface area (Å²) < 4.78 is 5.11. The second-order valence-corrected chi connectivity index (χ2v) is 4.09. The third-order valence-corrected chi connectivity index (χ3v) is 2.86. The van der Waals surface area contributed by atoms with Crippen LogP contribution in [0, 0.1) is 0 Å². The fourth-order valence-electron chi connectivity index (χ4n) is 1.80. The summed E-state index contributed by atoms with van der Waals surface area (Å²) in [6.45, 7) is 1.54. The second-order valence-electron chi connectivity index (χ2n) is 4.09. The van der Waals surface area contributed by atoms with Gasteiger partial charge in [0.05, 0.1) is 7.11 Å². The number of Topliss-reactive ketones (excluding diaryl/α,β-unsaturated/α-hetero) is 1. The number of carbonyl (C=O) groups excluding carboxylic acids is 1. The molecule has 0 bridgehead atoms. The number of carbonyl (C=O) groups is 1. The highest BCUT2D eigenvalue weighted by Crippen LogP contribution is 2.28. The number of hydrogen-bond acceptors (Lipinski definition) is 3. The van der Waals surface area contributed by atoms with Crippen LogP contribution < -0.4 is 10.5 Å². The summed E-state index contributed by atoms with van der Waals surface area (Å²) in [5.41, 5.74) is 9.10. The van der Waals surface area contributed by atoms with Crippen LogP contribution in [0.1, 0.15) is 17.3 Å². The monoisotopic (exact) mass is 241 g/mol. The molecule has 92 valence electrons. The van der Waals surface area contributed by atoms with Gasteiger partial charge in [0.2, 0.25) is 0 Å². The van der Waals surface area contributed by atoms with E-state index >= 15 is 0 Å². The maximum absolute atomic E-state index is 11.4. The van der Waals surface area contributed by atoms with E-state index in [1.54, 1.807) is 26.2 Å². The highest BCUT2D eigenvalue weighted by Gasteiger charge is 2.06. The Morgan fingerprint density at radius 1 is 1.11 bits per heavy atom. The van der Waals surface area contributed by atoms with Crippen molar-refractivity contribution in [3.63, 3.8) is 0 Å². The number of anilines is 1. The maximum Gasteiger partial charge on any atom is 0.159 e. The molecule has 0 atom stereocenters. The molecule has 0 amide bonds. The van der Waals surface area contributed by atoms with Crippen molar-refractivity contribution in [3.8, 4) is 16.9 Å². The molecule has 2 aromatic rings. The number of hydrogen-bond donors (Lipinski definition) is 1. The zero-order valence-corrected chi connectivity index (χ0v) is 10.4. The van der Waals surface area contributed by atoms with Crippen molar-refractivity contribution in [1.29, 1.82) is 0 Å². The number of ether oxygens (including phenoxy) is 1. The molecule has 18 heavy (non-hydrogen) atoms. The van der Waals surface area contributed by atoms with Gasteiger partial charge in [0, 0.05) is 16.8 Å². The van der Waals surface area contributed by atoms with E-state index in [1.807, 2.05) is 30.3 Å². The van der Waals surface area contributed by atoms with E-state index in [9.17, 15) is 4.79 Å². The van der Waals surface area contributed by atoms with Gasteiger partial charge in [-0.05, 0) is 42.8 Å².